The van der Waals surface area contributed by atoms with Crippen LogP contribution in [0.5, 0.6) is 0 Å². The lowest BCUT2D eigenvalue weighted by molar-refractivity contribution is -0.0721. The third-order valence-corrected chi connectivity index (χ3v) is 6.55. The molecule has 3 rings (SSSR count). The number of guanidine groups is 1. The third kappa shape index (κ3) is 7.66. The van der Waals surface area contributed by atoms with Crippen LogP contribution in [0.3, 0.4) is 0 Å². The summed E-state index contributed by atoms with van der Waals surface area (Å²) in [6, 6.07) is 0.530. The molecule has 0 bridgehead atoms. The van der Waals surface area contributed by atoms with Crippen LogP contribution in [0.2, 0.25) is 0 Å². The van der Waals surface area contributed by atoms with Gasteiger partial charge in [0.2, 0.25) is 0 Å². The summed E-state index contributed by atoms with van der Waals surface area (Å²) in [6.07, 6.45) is 7.61. The average Bonchev–Trinajstić information content (AvgIpc) is 2.79. The van der Waals surface area contributed by atoms with E-state index in [4.69, 9.17) is 14.2 Å². The fraction of sp³-hybridized carbons (Fsp3) is 0.957. The van der Waals surface area contributed by atoms with Gasteiger partial charge in [-0.3, -0.25) is 9.89 Å². The number of hydrogen-bond donors (Lipinski definition) is 1. The molecule has 0 saturated carbocycles. The van der Waals surface area contributed by atoms with Crippen molar-refractivity contribution in [2.24, 2.45) is 10.9 Å². The molecular weight excluding hydrogens is 380 g/mol. The van der Waals surface area contributed by atoms with Crippen molar-refractivity contribution in [1.29, 1.82) is 0 Å². The zero-order chi connectivity index (χ0) is 21.2. The molecule has 0 radical (unpaired) electrons. The minimum atomic E-state index is 0.310. The molecule has 3 heterocycles. The van der Waals surface area contributed by atoms with E-state index in [1.807, 2.05) is 7.05 Å². The fourth-order valence-electron chi connectivity index (χ4n) is 4.81. The van der Waals surface area contributed by atoms with Gasteiger partial charge in [0.15, 0.2) is 5.96 Å². The van der Waals surface area contributed by atoms with Crippen molar-refractivity contribution < 1.29 is 14.2 Å². The summed E-state index contributed by atoms with van der Waals surface area (Å²) in [4.78, 5) is 9.55. The van der Waals surface area contributed by atoms with Gasteiger partial charge in [0.25, 0.3) is 0 Å². The van der Waals surface area contributed by atoms with Gasteiger partial charge in [0.1, 0.15) is 0 Å². The highest BCUT2D eigenvalue weighted by Crippen LogP contribution is 2.18. The third-order valence-electron chi connectivity index (χ3n) is 6.55. The number of morpholine rings is 1. The molecule has 7 nitrogen and oxygen atoms in total. The van der Waals surface area contributed by atoms with E-state index in [-0.39, 0.29) is 0 Å². The second-order valence-electron chi connectivity index (χ2n) is 9.37. The van der Waals surface area contributed by atoms with Gasteiger partial charge in [-0.25, -0.2) is 0 Å². The Hall–Kier alpha value is -0.890. The molecule has 3 aliphatic rings. The smallest absolute Gasteiger partial charge is 0.193 e. The lowest BCUT2D eigenvalue weighted by Gasteiger charge is -2.38. The van der Waals surface area contributed by atoms with E-state index in [0.29, 0.717) is 24.2 Å². The predicted octanol–water partition coefficient (Wildman–Crippen LogP) is 2.36. The highest BCUT2D eigenvalue weighted by atomic mass is 16.5. The summed E-state index contributed by atoms with van der Waals surface area (Å²) in [5, 5.41) is 3.67. The molecule has 3 fully saturated rings. The molecule has 174 valence electrons. The number of rotatable bonds is 8. The van der Waals surface area contributed by atoms with Gasteiger partial charge in [-0.2, -0.15) is 0 Å². The van der Waals surface area contributed by atoms with Crippen molar-refractivity contribution in [2.45, 2.75) is 70.6 Å². The van der Waals surface area contributed by atoms with Crippen LogP contribution in [0.4, 0.5) is 0 Å². The Balaban J connectivity index is 1.40. The molecule has 2 atom stereocenters. The van der Waals surface area contributed by atoms with Gasteiger partial charge in [-0.15, -0.1) is 0 Å². The summed E-state index contributed by atoms with van der Waals surface area (Å²) in [6.45, 7) is 13.0. The zero-order valence-corrected chi connectivity index (χ0v) is 19.5. The maximum Gasteiger partial charge on any atom is 0.193 e. The van der Waals surface area contributed by atoms with Crippen LogP contribution in [-0.4, -0.2) is 100 Å². The Morgan fingerprint density at radius 3 is 2.47 bits per heavy atom. The Kier molecular flexibility index (Phi) is 10.2. The van der Waals surface area contributed by atoms with Crippen LogP contribution in [0.1, 0.15) is 52.4 Å². The van der Waals surface area contributed by atoms with Crippen molar-refractivity contribution in [3.8, 4) is 0 Å². The van der Waals surface area contributed by atoms with Gasteiger partial charge in [0.05, 0.1) is 32.0 Å². The van der Waals surface area contributed by atoms with Crippen LogP contribution < -0.4 is 5.32 Å². The van der Waals surface area contributed by atoms with Gasteiger partial charge in [-0.05, 0) is 44.4 Å². The molecule has 0 aliphatic carbocycles. The van der Waals surface area contributed by atoms with Gasteiger partial charge in [-0.1, -0.05) is 13.8 Å². The second-order valence-corrected chi connectivity index (χ2v) is 9.37. The topological polar surface area (TPSA) is 58.6 Å². The summed E-state index contributed by atoms with van der Waals surface area (Å²) < 4.78 is 17.5. The summed E-state index contributed by atoms with van der Waals surface area (Å²) >= 11 is 0. The maximum absolute atomic E-state index is 6.17. The first-order chi connectivity index (χ1) is 14.7. The molecule has 0 spiro atoms. The zero-order valence-electron chi connectivity index (χ0n) is 19.5. The average molecular weight is 425 g/mol. The quantitative estimate of drug-likeness (QED) is 0.477. The van der Waals surface area contributed by atoms with Crippen LogP contribution in [0, 0.1) is 5.92 Å². The number of piperidine rings is 1. The van der Waals surface area contributed by atoms with Crippen LogP contribution in [-0.2, 0) is 14.2 Å². The summed E-state index contributed by atoms with van der Waals surface area (Å²) in [5.74, 6) is 1.72. The number of ether oxygens (including phenoxy) is 3. The Bertz CT molecular complexity index is 497. The van der Waals surface area contributed by atoms with Crippen molar-refractivity contribution >= 4 is 5.96 Å². The molecule has 0 aromatic rings. The molecule has 2 unspecified atom stereocenters. The molecule has 7 heteroatoms. The fourth-order valence-corrected chi connectivity index (χ4v) is 4.81. The molecule has 0 aromatic carbocycles. The minimum absolute atomic E-state index is 0.310. The predicted molar refractivity (Wildman–Crippen MR) is 121 cm³/mol. The number of nitrogens with one attached hydrogen (secondary N) is 1. The maximum atomic E-state index is 6.17. The number of hydrogen-bond acceptors (Lipinski definition) is 5. The van der Waals surface area contributed by atoms with Crippen molar-refractivity contribution in [2.75, 3.05) is 66.2 Å². The SMILES string of the molecule is CN=C(NCC(CC(C)C)N1CCOCC1)N1CCC(OCC2CCCCO2)CC1. The molecule has 3 aliphatic heterocycles. The lowest BCUT2D eigenvalue weighted by Crippen LogP contribution is -2.53. The standard InChI is InChI=1S/C23H44N4O3/c1-19(2)16-20(26-11-14-28-15-12-26)17-25-23(24-3)27-9-7-21(8-10-27)30-18-22-6-4-5-13-29-22/h19-22H,4-18H2,1-3H3,(H,24,25). The van der Waals surface area contributed by atoms with Crippen LogP contribution in [0.25, 0.3) is 0 Å². The molecule has 0 amide bonds. The number of likely N-dealkylation sites (tertiary alicyclic amines) is 1. The van der Waals surface area contributed by atoms with E-state index < -0.39 is 0 Å². The van der Waals surface area contributed by atoms with Crippen molar-refractivity contribution in [3.05, 3.63) is 0 Å². The van der Waals surface area contributed by atoms with E-state index >= 15 is 0 Å². The van der Waals surface area contributed by atoms with Gasteiger partial charge < -0.3 is 24.4 Å². The lowest BCUT2D eigenvalue weighted by atomic mass is 10.0. The summed E-state index contributed by atoms with van der Waals surface area (Å²) in [7, 11) is 1.90. The molecule has 0 aromatic heterocycles. The van der Waals surface area contributed by atoms with E-state index in [9.17, 15) is 0 Å². The Morgan fingerprint density at radius 2 is 1.83 bits per heavy atom. The number of nitrogens with zero attached hydrogens (tertiary/aromatic N) is 3. The first-order valence-electron chi connectivity index (χ1n) is 12.2. The highest BCUT2D eigenvalue weighted by Gasteiger charge is 2.26. The van der Waals surface area contributed by atoms with E-state index in [1.165, 1.54) is 19.3 Å². The molecular formula is C23H44N4O3. The highest BCUT2D eigenvalue weighted by molar-refractivity contribution is 5.80. The Morgan fingerprint density at radius 1 is 1.07 bits per heavy atom. The molecule has 3 saturated heterocycles. The van der Waals surface area contributed by atoms with E-state index in [0.717, 1.165) is 84.4 Å². The molecule has 1 N–H and O–H groups in total. The van der Waals surface area contributed by atoms with Crippen LogP contribution >= 0.6 is 0 Å². The van der Waals surface area contributed by atoms with E-state index in [2.05, 4.69) is 34.0 Å². The van der Waals surface area contributed by atoms with Crippen molar-refractivity contribution in [3.63, 3.8) is 0 Å². The first kappa shape index (κ1) is 23.8. The van der Waals surface area contributed by atoms with E-state index in [1.54, 1.807) is 0 Å². The number of aliphatic imine (C=N–C) groups is 1. The van der Waals surface area contributed by atoms with Crippen LogP contribution in [0.15, 0.2) is 4.99 Å². The van der Waals surface area contributed by atoms with Gasteiger partial charge >= 0.3 is 0 Å². The second kappa shape index (κ2) is 12.8. The Labute approximate surface area is 183 Å². The summed E-state index contributed by atoms with van der Waals surface area (Å²) in [5.41, 5.74) is 0. The van der Waals surface area contributed by atoms with Gasteiger partial charge in [0, 0.05) is 52.4 Å². The normalized spacial score (nSPS) is 26.2. The monoisotopic (exact) mass is 424 g/mol. The minimum Gasteiger partial charge on any atom is -0.379 e. The first-order valence-corrected chi connectivity index (χ1v) is 12.2. The largest absolute Gasteiger partial charge is 0.379 e. The molecule has 30 heavy (non-hydrogen) atoms. The van der Waals surface area contributed by atoms with Crippen molar-refractivity contribution in [1.82, 2.24) is 15.1 Å².